The third-order valence-electron chi connectivity index (χ3n) is 3.54. The van der Waals surface area contributed by atoms with E-state index in [-0.39, 0.29) is 18.1 Å². The minimum absolute atomic E-state index is 0.0335. The Kier molecular flexibility index (Phi) is 5.58. The number of nitrogens with one attached hydrogen (secondary N) is 1. The third kappa shape index (κ3) is 4.89. The van der Waals surface area contributed by atoms with Crippen molar-refractivity contribution in [3.8, 4) is 17.1 Å². The van der Waals surface area contributed by atoms with Gasteiger partial charge in [-0.1, -0.05) is 30.3 Å². The monoisotopic (exact) mass is 358 g/mol. The number of hydrogen-bond acceptors (Lipinski definition) is 4. The van der Waals surface area contributed by atoms with E-state index in [1.807, 2.05) is 30.3 Å². The molecule has 134 valence electrons. The number of ether oxygens (including phenoxy) is 1. The van der Waals surface area contributed by atoms with Crippen molar-refractivity contribution >= 4 is 11.6 Å². The van der Waals surface area contributed by atoms with Gasteiger partial charge in [-0.05, 0) is 24.3 Å². The van der Waals surface area contributed by atoms with E-state index in [9.17, 15) is 13.6 Å². The fraction of sp³-hybridized carbons (Fsp3) is 0.158. The molecule has 1 aromatic heterocycles. The molecule has 0 fully saturated rings. The van der Waals surface area contributed by atoms with Gasteiger partial charge in [-0.2, -0.15) is 8.78 Å². The first kappa shape index (κ1) is 17.6. The summed E-state index contributed by atoms with van der Waals surface area (Å²) in [6, 6.07) is 15.3. The highest BCUT2D eigenvalue weighted by Crippen LogP contribution is 2.21. The van der Waals surface area contributed by atoms with E-state index in [4.69, 9.17) is 4.42 Å². The van der Waals surface area contributed by atoms with Crippen molar-refractivity contribution in [2.75, 3.05) is 5.32 Å². The number of halogens is 2. The van der Waals surface area contributed by atoms with Gasteiger partial charge in [0.25, 0.3) is 0 Å². The molecule has 0 radical (unpaired) electrons. The normalized spacial score (nSPS) is 10.7. The number of aryl methyl sites for hydroxylation is 1. The lowest BCUT2D eigenvalue weighted by atomic mass is 10.2. The first-order chi connectivity index (χ1) is 12.6. The molecule has 0 spiro atoms. The maximum Gasteiger partial charge on any atom is 0.387 e. The Balaban J connectivity index is 1.50. The zero-order valence-electron chi connectivity index (χ0n) is 13.7. The maximum absolute atomic E-state index is 12.1. The van der Waals surface area contributed by atoms with E-state index in [0.717, 1.165) is 5.56 Å². The number of carbonyl (C=O) groups is 1. The van der Waals surface area contributed by atoms with Gasteiger partial charge in [-0.15, -0.1) is 0 Å². The van der Waals surface area contributed by atoms with E-state index < -0.39 is 6.61 Å². The van der Waals surface area contributed by atoms with E-state index >= 15 is 0 Å². The van der Waals surface area contributed by atoms with Crippen LogP contribution in [0.2, 0.25) is 0 Å². The van der Waals surface area contributed by atoms with Crippen LogP contribution in [0.3, 0.4) is 0 Å². The predicted octanol–water partition coefficient (Wildman–Crippen LogP) is 4.51. The van der Waals surface area contributed by atoms with Crippen LogP contribution in [-0.2, 0) is 11.2 Å². The maximum atomic E-state index is 12.1. The highest BCUT2D eigenvalue weighted by atomic mass is 19.3. The summed E-state index contributed by atoms with van der Waals surface area (Å²) in [6.45, 7) is -2.88. The van der Waals surface area contributed by atoms with Gasteiger partial charge in [0.1, 0.15) is 5.75 Å². The molecule has 26 heavy (non-hydrogen) atoms. The molecule has 5 nitrogen and oxygen atoms in total. The van der Waals surface area contributed by atoms with Crippen molar-refractivity contribution in [3.63, 3.8) is 0 Å². The fourth-order valence-corrected chi connectivity index (χ4v) is 2.33. The number of benzene rings is 2. The van der Waals surface area contributed by atoms with Crippen molar-refractivity contribution in [2.45, 2.75) is 19.5 Å². The molecule has 0 aliphatic carbocycles. The van der Waals surface area contributed by atoms with Crippen LogP contribution in [0.5, 0.6) is 5.75 Å². The highest BCUT2D eigenvalue weighted by molar-refractivity contribution is 5.90. The summed E-state index contributed by atoms with van der Waals surface area (Å²) in [7, 11) is 0. The summed E-state index contributed by atoms with van der Waals surface area (Å²) in [5, 5.41) is 2.68. The molecule has 1 N–H and O–H groups in total. The van der Waals surface area contributed by atoms with Crippen LogP contribution >= 0.6 is 0 Å². The second-order valence-corrected chi connectivity index (χ2v) is 5.44. The van der Waals surface area contributed by atoms with Crippen LogP contribution in [-0.4, -0.2) is 17.5 Å². The number of oxazole rings is 1. The summed E-state index contributed by atoms with van der Waals surface area (Å²) in [4.78, 5) is 16.2. The molecule has 2 aromatic carbocycles. The number of anilines is 1. The molecule has 0 aliphatic heterocycles. The Morgan fingerprint density at radius 2 is 1.85 bits per heavy atom. The zero-order chi connectivity index (χ0) is 18.4. The van der Waals surface area contributed by atoms with Gasteiger partial charge >= 0.3 is 6.61 Å². The molecule has 3 aromatic rings. The average Bonchev–Trinajstić information content (AvgIpc) is 3.11. The molecule has 0 atom stereocenters. The Hall–Kier alpha value is -3.22. The summed E-state index contributed by atoms with van der Waals surface area (Å²) < 4.78 is 34.1. The molecular weight excluding hydrogens is 342 g/mol. The number of nitrogens with zero attached hydrogens (tertiary/aromatic N) is 1. The van der Waals surface area contributed by atoms with E-state index in [2.05, 4.69) is 15.0 Å². The lowest BCUT2D eigenvalue weighted by molar-refractivity contribution is -0.116. The molecule has 0 aliphatic rings. The Morgan fingerprint density at radius 1 is 1.12 bits per heavy atom. The number of carbonyl (C=O) groups excluding carboxylic acids is 1. The Labute approximate surface area is 148 Å². The quantitative estimate of drug-likeness (QED) is 0.675. The van der Waals surface area contributed by atoms with Crippen LogP contribution in [0.1, 0.15) is 12.3 Å². The second kappa shape index (κ2) is 8.24. The summed E-state index contributed by atoms with van der Waals surface area (Å²) >= 11 is 0. The van der Waals surface area contributed by atoms with Crippen molar-refractivity contribution in [3.05, 3.63) is 66.7 Å². The minimum Gasteiger partial charge on any atom is -0.441 e. The van der Waals surface area contributed by atoms with Crippen molar-refractivity contribution in [2.24, 2.45) is 0 Å². The van der Waals surface area contributed by atoms with Crippen LogP contribution in [0.25, 0.3) is 11.3 Å². The van der Waals surface area contributed by atoms with Crippen LogP contribution in [0.15, 0.2) is 65.2 Å². The molecule has 0 saturated heterocycles. The molecule has 0 bridgehead atoms. The van der Waals surface area contributed by atoms with Gasteiger partial charge in [-0.3, -0.25) is 4.79 Å². The second-order valence-electron chi connectivity index (χ2n) is 5.44. The average molecular weight is 358 g/mol. The number of hydrogen-bond donors (Lipinski definition) is 1. The molecule has 0 unspecified atom stereocenters. The SMILES string of the molecule is O=C(CCc1ncc(-c2ccccc2)o1)Nc1ccc(OC(F)F)cc1. The van der Waals surface area contributed by atoms with Gasteiger partial charge in [-0.25, -0.2) is 4.98 Å². The topological polar surface area (TPSA) is 64.4 Å². The first-order valence-electron chi connectivity index (χ1n) is 7.95. The number of alkyl halides is 2. The molecule has 0 saturated carbocycles. The number of rotatable bonds is 7. The van der Waals surface area contributed by atoms with Crippen molar-refractivity contribution in [1.82, 2.24) is 4.98 Å². The summed E-state index contributed by atoms with van der Waals surface area (Å²) in [6.07, 6.45) is 2.17. The predicted molar refractivity (Wildman–Crippen MR) is 92.0 cm³/mol. The smallest absolute Gasteiger partial charge is 0.387 e. The Morgan fingerprint density at radius 3 is 2.54 bits per heavy atom. The first-order valence-corrected chi connectivity index (χ1v) is 7.95. The van der Waals surface area contributed by atoms with Crippen LogP contribution < -0.4 is 10.1 Å². The molecule has 1 amide bonds. The van der Waals surface area contributed by atoms with Crippen LogP contribution in [0, 0.1) is 0 Å². The molecule has 3 rings (SSSR count). The fourth-order valence-electron chi connectivity index (χ4n) is 2.33. The van der Waals surface area contributed by atoms with Gasteiger partial charge in [0.2, 0.25) is 5.91 Å². The van der Waals surface area contributed by atoms with Crippen molar-refractivity contribution in [1.29, 1.82) is 0 Å². The van der Waals surface area contributed by atoms with Gasteiger partial charge in [0.05, 0.1) is 6.20 Å². The minimum atomic E-state index is -2.88. The largest absolute Gasteiger partial charge is 0.441 e. The molecule has 7 heteroatoms. The summed E-state index contributed by atoms with van der Waals surface area (Å²) in [5.41, 5.74) is 1.41. The highest BCUT2D eigenvalue weighted by Gasteiger charge is 2.10. The summed E-state index contributed by atoms with van der Waals surface area (Å²) in [5.74, 6) is 0.925. The van der Waals surface area contributed by atoms with Crippen LogP contribution in [0.4, 0.5) is 14.5 Å². The number of aromatic nitrogens is 1. The molecule has 1 heterocycles. The zero-order valence-corrected chi connectivity index (χ0v) is 13.7. The van der Waals surface area contributed by atoms with Gasteiger partial charge < -0.3 is 14.5 Å². The van der Waals surface area contributed by atoms with E-state index in [1.165, 1.54) is 24.3 Å². The lowest BCUT2D eigenvalue weighted by Gasteiger charge is -2.07. The standard InChI is InChI=1S/C19H16F2N2O3/c20-19(21)25-15-8-6-14(7-9-15)23-17(24)10-11-18-22-12-16(26-18)13-4-2-1-3-5-13/h1-9,12,19H,10-11H2,(H,23,24). The lowest BCUT2D eigenvalue weighted by Crippen LogP contribution is -2.12. The molecular formula is C19H16F2N2O3. The number of amides is 1. The van der Waals surface area contributed by atoms with Gasteiger partial charge in [0, 0.05) is 24.1 Å². The van der Waals surface area contributed by atoms with E-state index in [1.54, 1.807) is 6.20 Å². The Bertz CT molecular complexity index is 849. The van der Waals surface area contributed by atoms with E-state index in [0.29, 0.717) is 23.8 Å². The third-order valence-corrected chi connectivity index (χ3v) is 3.54. The van der Waals surface area contributed by atoms with Crippen molar-refractivity contribution < 1.29 is 22.7 Å². The van der Waals surface area contributed by atoms with Gasteiger partial charge in [0.15, 0.2) is 11.7 Å².